The van der Waals surface area contributed by atoms with E-state index in [2.05, 4.69) is 5.10 Å². The summed E-state index contributed by atoms with van der Waals surface area (Å²) in [4.78, 5) is 0. The highest BCUT2D eigenvalue weighted by atomic mass is 32.1. The third-order valence-electron chi connectivity index (χ3n) is 1.73. The van der Waals surface area contributed by atoms with Gasteiger partial charge in [0.1, 0.15) is 0 Å². The summed E-state index contributed by atoms with van der Waals surface area (Å²) in [6.07, 6.45) is 3.58. The molecule has 12 heavy (non-hydrogen) atoms. The van der Waals surface area contributed by atoms with Crippen molar-refractivity contribution in [3.05, 3.63) is 35.4 Å². The molecule has 60 valence electrons. The van der Waals surface area contributed by atoms with Crippen molar-refractivity contribution in [2.24, 2.45) is 7.05 Å². The van der Waals surface area contributed by atoms with Crippen LogP contribution in [0.25, 0.3) is 5.52 Å². The second-order valence-electron chi connectivity index (χ2n) is 2.58. The van der Waals surface area contributed by atoms with Crippen LogP contribution in [-0.4, -0.2) is 9.67 Å². The van der Waals surface area contributed by atoms with Crippen LogP contribution in [0.15, 0.2) is 30.7 Å². The summed E-state index contributed by atoms with van der Waals surface area (Å²) >= 11 is 5.20. The fourth-order valence-corrected chi connectivity index (χ4v) is 1.28. The highest BCUT2D eigenvalue weighted by molar-refractivity contribution is 7.71. The Labute approximate surface area is 74.9 Å². The molecule has 0 amide bonds. The summed E-state index contributed by atoms with van der Waals surface area (Å²) in [6.45, 7) is 0. The minimum Gasteiger partial charge on any atom is -0.316 e. The summed E-state index contributed by atoms with van der Waals surface area (Å²) in [5.41, 5.74) is 0.956. The van der Waals surface area contributed by atoms with Gasteiger partial charge < -0.3 is 4.57 Å². The van der Waals surface area contributed by atoms with Crippen LogP contribution in [-0.2, 0) is 7.05 Å². The number of aryl methyl sites for hydroxylation is 1. The lowest BCUT2D eigenvalue weighted by molar-refractivity contribution is -0.582. The monoisotopic (exact) mass is 178 g/mol. The summed E-state index contributed by atoms with van der Waals surface area (Å²) in [5, 5.41) is 4.15. The highest BCUT2D eigenvalue weighted by Crippen LogP contribution is 1.95. The Kier molecular flexibility index (Phi) is 1.62. The van der Waals surface area contributed by atoms with E-state index in [9.17, 15) is 0 Å². The molecule has 0 aromatic carbocycles. The Morgan fingerprint density at radius 2 is 2.33 bits per heavy atom. The smallest absolute Gasteiger partial charge is 0.272 e. The fraction of sp³-hybridized carbons (Fsp3) is 0.125. The second-order valence-corrected chi connectivity index (χ2v) is 2.96. The Balaban J connectivity index is 3.01. The van der Waals surface area contributed by atoms with Gasteiger partial charge in [-0.05, 0) is 10.6 Å². The molecule has 0 N–H and O–H groups in total. The topological polar surface area (TPSA) is 21.9 Å². The van der Waals surface area contributed by atoms with Crippen molar-refractivity contribution < 1.29 is 4.52 Å². The molecule has 0 radical (unpaired) electrons. The molecule has 0 saturated heterocycles. The molecule has 2 rings (SSSR count). The average Bonchev–Trinajstić information content (AvgIpc) is 2.12. The van der Waals surface area contributed by atoms with Crippen molar-refractivity contribution in [2.45, 2.75) is 0 Å². The number of hydrogen-bond acceptors (Lipinski definition) is 2. The predicted molar refractivity (Wildman–Crippen MR) is 47.2 cm³/mol. The molecule has 0 aliphatic carbocycles. The molecule has 2 aromatic heterocycles. The molecule has 3 nitrogen and oxygen atoms in total. The number of fused-ring (bicyclic) bond motifs is 1. The first-order chi connectivity index (χ1) is 5.79. The fourth-order valence-electron chi connectivity index (χ4n) is 1.07. The molecule has 2 aromatic rings. The molecule has 0 aliphatic rings. The molecule has 2 heterocycles. The van der Waals surface area contributed by atoms with Crippen molar-refractivity contribution in [3.8, 4) is 0 Å². The Bertz CT molecular complexity index is 475. The standard InChI is InChI=1S/C8H8N3S/c1-10-6-9-11-5-3-2-4-7(11)8(10)12/h2-6H,1H3/q+1. The number of nitrogens with zero attached hydrogens (tertiary/aromatic N) is 3. The van der Waals surface area contributed by atoms with Gasteiger partial charge in [0.05, 0.1) is 0 Å². The van der Waals surface area contributed by atoms with Crippen molar-refractivity contribution in [1.29, 1.82) is 0 Å². The van der Waals surface area contributed by atoms with E-state index < -0.39 is 0 Å². The Morgan fingerprint density at radius 3 is 3.17 bits per heavy atom. The highest BCUT2D eigenvalue weighted by Gasteiger charge is 2.03. The largest absolute Gasteiger partial charge is 0.316 e. The Morgan fingerprint density at radius 1 is 1.50 bits per heavy atom. The lowest BCUT2D eigenvalue weighted by Crippen LogP contribution is -2.27. The van der Waals surface area contributed by atoms with Crippen molar-refractivity contribution in [1.82, 2.24) is 9.67 Å². The minimum absolute atomic E-state index is 0.797. The number of aromatic nitrogens is 3. The minimum atomic E-state index is 0.797. The summed E-state index contributed by atoms with van der Waals surface area (Å²) in [6, 6.07) is 5.83. The van der Waals surface area contributed by atoms with E-state index >= 15 is 0 Å². The van der Waals surface area contributed by atoms with Gasteiger partial charge >= 0.3 is 0 Å². The maximum atomic E-state index is 5.20. The lowest BCUT2D eigenvalue weighted by Gasteiger charge is -1.93. The number of rotatable bonds is 0. The zero-order valence-corrected chi connectivity index (χ0v) is 7.45. The number of pyridine rings is 1. The van der Waals surface area contributed by atoms with Crippen LogP contribution in [0.4, 0.5) is 0 Å². The van der Waals surface area contributed by atoms with E-state index in [1.807, 2.05) is 36.0 Å². The molecule has 0 unspecified atom stereocenters. The van der Waals surface area contributed by atoms with Gasteiger partial charge in [0.25, 0.3) is 5.52 Å². The molecule has 0 atom stereocenters. The van der Waals surface area contributed by atoms with Crippen molar-refractivity contribution >= 4 is 17.7 Å². The molecular weight excluding hydrogens is 170 g/mol. The molecule has 4 heteroatoms. The van der Waals surface area contributed by atoms with E-state index in [0.717, 1.165) is 10.2 Å². The normalized spacial score (nSPS) is 10.4. The van der Waals surface area contributed by atoms with Crippen LogP contribution >= 0.6 is 12.2 Å². The molecular formula is C8H8N3S+. The molecule has 0 saturated carbocycles. The molecule has 0 fully saturated rings. The van der Waals surface area contributed by atoms with Gasteiger partial charge in [-0.25, -0.2) is 0 Å². The average molecular weight is 178 g/mol. The number of hydrogen-bond donors (Lipinski definition) is 0. The SMILES string of the molecule is Cn1cn[n+]2ccccc2c1=S. The zero-order chi connectivity index (χ0) is 8.55. The van der Waals surface area contributed by atoms with Gasteiger partial charge in [-0.3, -0.25) is 0 Å². The summed E-state index contributed by atoms with van der Waals surface area (Å²) in [7, 11) is 1.89. The van der Waals surface area contributed by atoms with E-state index in [1.54, 1.807) is 10.8 Å². The maximum absolute atomic E-state index is 5.20. The summed E-state index contributed by atoms with van der Waals surface area (Å²) < 4.78 is 4.39. The van der Waals surface area contributed by atoms with Crippen LogP contribution in [0, 0.1) is 4.64 Å². The molecule has 0 spiro atoms. The van der Waals surface area contributed by atoms with E-state index in [1.165, 1.54) is 0 Å². The predicted octanol–water partition coefficient (Wildman–Crippen LogP) is 0.888. The van der Waals surface area contributed by atoms with Crippen molar-refractivity contribution in [2.75, 3.05) is 0 Å². The molecule has 0 aliphatic heterocycles. The van der Waals surface area contributed by atoms with Gasteiger partial charge in [-0.1, -0.05) is 12.2 Å². The van der Waals surface area contributed by atoms with Gasteiger partial charge in [-0.15, -0.1) is 0 Å². The van der Waals surface area contributed by atoms with Crippen LogP contribution in [0.3, 0.4) is 0 Å². The van der Waals surface area contributed by atoms with Gasteiger partial charge in [0.15, 0.2) is 11.0 Å². The Hall–Kier alpha value is -1.29. The summed E-state index contributed by atoms with van der Waals surface area (Å²) in [5.74, 6) is 0. The van der Waals surface area contributed by atoms with E-state index in [0.29, 0.717) is 0 Å². The first kappa shape index (κ1) is 7.36. The third-order valence-corrected chi connectivity index (χ3v) is 2.23. The van der Waals surface area contributed by atoms with E-state index in [-0.39, 0.29) is 0 Å². The second kappa shape index (κ2) is 2.64. The van der Waals surface area contributed by atoms with Crippen LogP contribution in [0.1, 0.15) is 0 Å². The maximum Gasteiger partial charge on any atom is 0.272 e. The first-order valence-corrected chi connectivity index (χ1v) is 4.02. The van der Waals surface area contributed by atoms with Crippen LogP contribution < -0.4 is 4.52 Å². The van der Waals surface area contributed by atoms with Crippen LogP contribution in [0.5, 0.6) is 0 Å². The van der Waals surface area contributed by atoms with Crippen molar-refractivity contribution in [3.63, 3.8) is 0 Å². The quantitative estimate of drug-likeness (QED) is 0.441. The van der Waals surface area contributed by atoms with Crippen LogP contribution in [0.2, 0.25) is 0 Å². The van der Waals surface area contributed by atoms with Gasteiger partial charge in [0, 0.05) is 24.3 Å². The molecule has 0 bridgehead atoms. The zero-order valence-electron chi connectivity index (χ0n) is 6.64. The van der Waals surface area contributed by atoms with Gasteiger partial charge in [0.2, 0.25) is 6.20 Å². The van der Waals surface area contributed by atoms with Gasteiger partial charge in [-0.2, -0.15) is 0 Å². The first-order valence-electron chi connectivity index (χ1n) is 3.61. The third kappa shape index (κ3) is 1.00. The van der Waals surface area contributed by atoms with E-state index in [4.69, 9.17) is 12.2 Å². The lowest BCUT2D eigenvalue weighted by atomic mass is 10.4.